The molecule has 6 heteroatoms. The summed E-state index contributed by atoms with van der Waals surface area (Å²) in [6, 6.07) is 3.35. The molecule has 13 heavy (non-hydrogen) atoms. The summed E-state index contributed by atoms with van der Waals surface area (Å²) in [5, 5.41) is 0. The summed E-state index contributed by atoms with van der Waals surface area (Å²) in [6.07, 6.45) is 0. The van der Waals surface area contributed by atoms with Crippen molar-refractivity contribution >= 4 is 31.3 Å². The van der Waals surface area contributed by atoms with E-state index in [4.69, 9.17) is 22.3 Å². The molecule has 0 heterocycles. The van der Waals surface area contributed by atoms with Gasteiger partial charge in [-0.15, -0.1) is 11.6 Å². The van der Waals surface area contributed by atoms with Crippen molar-refractivity contribution in [1.29, 1.82) is 0 Å². The van der Waals surface area contributed by atoms with Crippen LogP contribution in [0.25, 0.3) is 0 Å². The van der Waals surface area contributed by atoms with Crippen molar-refractivity contribution in [2.24, 2.45) is 0 Å². The minimum atomic E-state index is -3.86. The van der Waals surface area contributed by atoms with E-state index in [1.807, 2.05) is 0 Å². The number of alkyl halides is 1. The van der Waals surface area contributed by atoms with Crippen molar-refractivity contribution in [2.45, 2.75) is 10.8 Å². The smallest absolute Gasteiger partial charge is 0.207 e. The zero-order chi connectivity index (χ0) is 10.1. The fraction of sp³-hybridized carbons (Fsp3) is 0.143. The number of hydrogen-bond donors (Lipinski definition) is 0. The van der Waals surface area contributed by atoms with Gasteiger partial charge in [0.25, 0.3) is 9.05 Å². The predicted molar refractivity (Wildman–Crippen MR) is 49.0 cm³/mol. The van der Waals surface area contributed by atoms with Crippen molar-refractivity contribution in [2.75, 3.05) is 0 Å². The topological polar surface area (TPSA) is 34.1 Å². The Bertz CT molecular complexity index is 417. The highest BCUT2D eigenvalue weighted by atomic mass is 35.7. The molecule has 1 aromatic carbocycles. The lowest BCUT2D eigenvalue weighted by Crippen LogP contribution is -1.94. The van der Waals surface area contributed by atoms with E-state index in [1.54, 1.807) is 0 Å². The fourth-order valence-corrected chi connectivity index (χ4v) is 1.77. The summed E-state index contributed by atoms with van der Waals surface area (Å²) in [5.74, 6) is -0.675. The van der Waals surface area contributed by atoms with Crippen molar-refractivity contribution in [3.05, 3.63) is 29.6 Å². The third-order valence-electron chi connectivity index (χ3n) is 1.45. The van der Waals surface area contributed by atoms with Gasteiger partial charge in [0.2, 0.25) is 0 Å². The lowest BCUT2D eigenvalue weighted by atomic mass is 10.2. The van der Waals surface area contributed by atoms with Crippen LogP contribution in [0.3, 0.4) is 0 Å². The molecule has 0 atom stereocenters. The van der Waals surface area contributed by atoms with Crippen LogP contribution >= 0.6 is 22.3 Å². The summed E-state index contributed by atoms with van der Waals surface area (Å²) in [5.41, 5.74) is 0.241. The monoisotopic (exact) mass is 242 g/mol. The highest BCUT2D eigenvalue weighted by Gasteiger charge is 2.12. The second kappa shape index (κ2) is 3.82. The van der Waals surface area contributed by atoms with E-state index in [9.17, 15) is 12.8 Å². The number of rotatable bonds is 2. The van der Waals surface area contributed by atoms with Gasteiger partial charge < -0.3 is 0 Å². The van der Waals surface area contributed by atoms with Crippen molar-refractivity contribution in [1.82, 2.24) is 0 Å². The Labute approximate surface area is 84.7 Å². The van der Waals surface area contributed by atoms with Crippen molar-refractivity contribution in [3.63, 3.8) is 0 Å². The molecule has 2 nitrogen and oxygen atoms in total. The molecule has 1 rings (SSSR count). The average molecular weight is 243 g/mol. The summed E-state index contributed by atoms with van der Waals surface area (Å²) in [7, 11) is 1.14. The SMILES string of the molecule is O=S(=O)(Cl)c1ccc(CCl)c(F)c1. The van der Waals surface area contributed by atoms with Gasteiger partial charge in [-0.2, -0.15) is 0 Å². The molecule has 0 fully saturated rings. The molecule has 0 amide bonds. The van der Waals surface area contributed by atoms with Gasteiger partial charge in [-0.3, -0.25) is 0 Å². The molecule has 0 unspecified atom stereocenters. The summed E-state index contributed by atoms with van der Waals surface area (Å²) < 4.78 is 34.5. The summed E-state index contributed by atoms with van der Waals surface area (Å²) in [4.78, 5) is -0.263. The molecule has 1 aromatic rings. The summed E-state index contributed by atoms with van der Waals surface area (Å²) >= 11 is 5.38. The Morgan fingerprint density at radius 1 is 1.38 bits per heavy atom. The Morgan fingerprint density at radius 3 is 2.38 bits per heavy atom. The first-order valence-corrected chi connectivity index (χ1v) is 6.08. The third kappa shape index (κ3) is 2.56. The van der Waals surface area contributed by atoms with Crippen molar-refractivity contribution < 1.29 is 12.8 Å². The Balaban J connectivity index is 3.26. The van der Waals surface area contributed by atoms with Crippen molar-refractivity contribution in [3.8, 4) is 0 Å². The molecule has 0 N–H and O–H groups in total. The summed E-state index contributed by atoms with van der Waals surface area (Å²) in [6.45, 7) is 0. The first-order valence-electron chi connectivity index (χ1n) is 3.24. The van der Waals surface area contributed by atoms with Gasteiger partial charge in [-0.25, -0.2) is 12.8 Å². The third-order valence-corrected chi connectivity index (χ3v) is 3.09. The highest BCUT2D eigenvalue weighted by molar-refractivity contribution is 8.13. The number of benzene rings is 1. The van der Waals surface area contributed by atoms with E-state index in [-0.39, 0.29) is 16.3 Å². The van der Waals surface area contributed by atoms with Gasteiger partial charge in [-0.1, -0.05) is 6.07 Å². The highest BCUT2D eigenvalue weighted by Crippen LogP contribution is 2.19. The second-order valence-electron chi connectivity index (χ2n) is 2.32. The van der Waals surface area contributed by atoms with Crippen LogP contribution in [0.1, 0.15) is 5.56 Å². The number of halogens is 3. The van der Waals surface area contributed by atoms with E-state index in [0.29, 0.717) is 0 Å². The van der Waals surface area contributed by atoms with Gasteiger partial charge in [0.1, 0.15) is 5.82 Å². The molecule has 0 aliphatic heterocycles. The second-order valence-corrected chi connectivity index (χ2v) is 5.16. The molecule has 0 radical (unpaired) electrons. The molecular weight excluding hydrogens is 238 g/mol. The van der Waals surface area contributed by atoms with E-state index < -0.39 is 14.9 Å². The molecule has 0 aliphatic rings. The molecule has 0 bridgehead atoms. The van der Waals surface area contributed by atoms with E-state index in [0.717, 1.165) is 6.07 Å². The lowest BCUT2D eigenvalue weighted by Gasteiger charge is -2.00. The van der Waals surface area contributed by atoms with E-state index in [2.05, 4.69) is 0 Å². The van der Waals surface area contributed by atoms with Crippen LogP contribution in [0.4, 0.5) is 4.39 Å². The average Bonchev–Trinajstić information content (AvgIpc) is 2.02. The van der Waals surface area contributed by atoms with Crippen LogP contribution in [0.5, 0.6) is 0 Å². The molecule has 0 aromatic heterocycles. The standard InChI is InChI=1S/C7H5Cl2FO2S/c8-4-5-1-2-6(3-7(5)10)13(9,11)12/h1-3H,4H2. The minimum Gasteiger partial charge on any atom is -0.207 e. The number of hydrogen-bond acceptors (Lipinski definition) is 2. The normalized spacial score (nSPS) is 11.6. The van der Waals surface area contributed by atoms with Gasteiger partial charge in [0, 0.05) is 16.2 Å². The lowest BCUT2D eigenvalue weighted by molar-refractivity contribution is 0.598. The van der Waals surface area contributed by atoms with Gasteiger partial charge in [-0.05, 0) is 12.1 Å². The van der Waals surface area contributed by atoms with Gasteiger partial charge in [0.05, 0.1) is 10.8 Å². The van der Waals surface area contributed by atoms with Crippen LogP contribution in [-0.2, 0) is 14.9 Å². The Kier molecular flexibility index (Phi) is 3.16. The van der Waals surface area contributed by atoms with Crippen LogP contribution in [0, 0.1) is 5.82 Å². The molecule has 0 aliphatic carbocycles. The zero-order valence-electron chi connectivity index (χ0n) is 6.30. The van der Waals surface area contributed by atoms with E-state index >= 15 is 0 Å². The quantitative estimate of drug-likeness (QED) is 0.590. The first-order chi connectivity index (χ1) is 5.95. The largest absolute Gasteiger partial charge is 0.261 e. The molecule has 0 spiro atoms. The van der Waals surface area contributed by atoms with Gasteiger partial charge >= 0.3 is 0 Å². The van der Waals surface area contributed by atoms with Crippen LogP contribution in [0.15, 0.2) is 23.1 Å². The van der Waals surface area contributed by atoms with Crippen LogP contribution in [-0.4, -0.2) is 8.42 Å². The molecule has 72 valence electrons. The predicted octanol–water partition coefficient (Wildman–Crippen LogP) is 2.49. The van der Waals surface area contributed by atoms with Gasteiger partial charge in [0.15, 0.2) is 0 Å². The Hall–Kier alpha value is -0.320. The fourth-order valence-electron chi connectivity index (χ4n) is 0.788. The zero-order valence-corrected chi connectivity index (χ0v) is 8.63. The maximum absolute atomic E-state index is 13.0. The molecule has 0 saturated heterocycles. The first kappa shape index (κ1) is 10.8. The minimum absolute atomic E-state index is 0.00551. The van der Waals surface area contributed by atoms with E-state index in [1.165, 1.54) is 12.1 Å². The molecular formula is C7H5Cl2FO2S. The molecule has 0 saturated carbocycles. The van der Waals surface area contributed by atoms with Crippen LogP contribution in [0.2, 0.25) is 0 Å². The Morgan fingerprint density at radius 2 is 2.00 bits per heavy atom. The maximum Gasteiger partial charge on any atom is 0.261 e. The maximum atomic E-state index is 13.0. The van der Waals surface area contributed by atoms with Crippen LogP contribution < -0.4 is 0 Å².